The van der Waals surface area contributed by atoms with Gasteiger partial charge in [0.2, 0.25) is 0 Å². The lowest BCUT2D eigenvalue weighted by Gasteiger charge is -2.17. The number of guanidine groups is 1. The second-order valence-corrected chi connectivity index (χ2v) is 8.17. The minimum absolute atomic E-state index is 0.470. The van der Waals surface area contributed by atoms with Crippen LogP contribution in [0, 0.1) is 12.8 Å². The zero-order valence-electron chi connectivity index (χ0n) is 19.3. The van der Waals surface area contributed by atoms with Crippen molar-refractivity contribution in [3.05, 3.63) is 71.7 Å². The van der Waals surface area contributed by atoms with Gasteiger partial charge < -0.3 is 20.1 Å². The Labute approximate surface area is 195 Å². The first-order valence-corrected chi connectivity index (χ1v) is 11.5. The number of hydrogen-bond acceptors (Lipinski definition) is 5. The fourth-order valence-corrected chi connectivity index (χ4v) is 3.64. The largest absolute Gasteiger partial charge is 0.493 e. The van der Waals surface area contributed by atoms with Gasteiger partial charge in [-0.1, -0.05) is 12.1 Å². The molecule has 2 aromatic heterocycles. The number of nitrogens with one attached hydrogen (secondary N) is 2. The Morgan fingerprint density at radius 2 is 2.18 bits per heavy atom. The predicted octanol–water partition coefficient (Wildman–Crippen LogP) is 3.25. The highest BCUT2D eigenvalue weighted by molar-refractivity contribution is 5.79. The normalized spacial score (nSPS) is 16.1. The summed E-state index contributed by atoms with van der Waals surface area (Å²) in [4.78, 5) is 9.14. The number of rotatable bonds is 9. The monoisotopic (exact) mass is 448 g/mol. The smallest absolute Gasteiger partial charge is 0.191 e. The average molecular weight is 449 g/mol. The summed E-state index contributed by atoms with van der Waals surface area (Å²) in [6.07, 6.45) is 6.47. The van der Waals surface area contributed by atoms with Gasteiger partial charge in [-0.15, -0.1) is 0 Å². The standard InChI is InChI=1S/C25H32N6O2/c1-3-26-25(28-15-20-7-10-27-24(14-20)31-11-4-9-30-31)29-16-22-6-5-19(2)13-23(22)33-18-21-8-12-32-17-21/h4-7,9-11,13-14,21H,3,8,12,15-18H2,1-2H3,(H2,26,28,29). The Kier molecular flexibility index (Phi) is 7.92. The predicted molar refractivity (Wildman–Crippen MR) is 129 cm³/mol. The molecule has 0 spiro atoms. The number of aryl methyl sites for hydroxylation is 1. The van der Waals surface area contributed by atoms with Crippen LogP contribution in [0.3, 0.4) is 0 Å². The lowest BCUT2D eigenvalue weighted by Crippen LogP contribution is -2.36. The molecule has 0 aliphatic carbocycles. The van der Waals surface area contributed by atoms with Crippen LogP contribution < -0.4 is 15.4 Å². The zero-order valence-corrected chi connectivity index (χ0v) is 19.3. The Balaban J connectivity index is 1.40. The highest BCUT2D eigenvalue weighted by Gasteiger charge is 2.17. The lowest BCUT2D eigenvalue weighted by molar-refractivity contribution is 0.166. The summed E-state index contributed by atoms with van der Waals surface area (Å²) in [5.74, 6) is 2.92. The van der Waals surface area contributed by atoms with Gasteiger partial charge in [-0.3, -0.25) is 0 Å². The Hall–Kier alpha value is -3.39. The highest BCUT2D eigenvalue weighted by atomic mass is 16.5. The van der Waals surface area contributed by atoms with Crippen LogP contribution in [0.4, 0.5) is 0 Å². The van der Waals surface area contributed by atoms with E-state index < -0.39 is 0 Å². The minimum Gasteiger partial charge on any atom is -0.493 e. The molecule has 1 aromatic carbocycles. The minimum atomic E-state index is 0.470. The molecule has 8 heteroatoms. The van der Waals surface area contributed by atoms with Crippen molar-refractivity contribution in [2.24, 2.45) is 10.9 Å². The molecule has 1 saturated heterocycles. The van der Waals surface area contributed by atoms with Crippen LogP contribution in [0.15, 0.2) is 60.0 Å². The van der Waals surface area contributed by atoms with Crippen molar-refractivity contribution < 1.29 is 9.47 Å². The topological polar surface area (TPSA) is 85.6 Å². The summed E-state index contributed by atoms with van der Waals surface area (Å²) in [6.45, 7) is 8.38. The fourth-order valence-electron chi connectivity index (χ4n) is 3.64. The summed E-state index contributed by atoms with van der Waals surface area (Å²) in [5.41, 5.74) is 3.35. The summed E-state index contributed by atoms with van der Waals surface area (Å²) >= 11 is 0. The first-order chi connectivity index (χ1) is 16.2. The molecule has 0 radical (unpaired) electrons. The number of ether oxygens (including phenoxy) is 2. The number of benzene rings is 1. The molecule has 174 valence electrons. The van der Waals surface area contributed by atoms with Crippen LogP contribution in [0.5, 0.6) is 5.75 Å². The van der Waals surface area contributed by atoms with E-state index in [-0.39, 0.29) is 0 Å². The van der Waals surface area contributed by atoms with E-state index in [4.69, 9.17) is 14.5 Å². The van der Waals surface area contributed by atoms with Crippen LogP contribution in [-0.2, 0) is 17.8 Å². The number of nitrogens with zero attached hydrogens (tertiary/aromatic N) is 4. The molecule has 4 rings (SSSR count). The quantitative estimate of drug-likeness (QED) is 0.386. The molecule has 3 aromatic rings. The third-order valence-electron chi connectivity index (χ3n) is 5.48. The van der Waals surface area contributed by atoms with Gasteiger partial charge in [0, 0.05) is 49.8 Å². The molecule has 1 aliphatic heterocycles. The summed E-state index contributed by atoms with van der Waals surface area (Å²) in [7, 11) is 0. The number of pyridine rings is 1. The summed E-state index contributed by atoms with van der Waals surface area (Å²) < 4.78 is 13.4. The third kappa shape index (κ3) is 6.55. The van der Waals surface area contributed by atoms with Crippen LogP contribution in [0.2, 0.25) is 0 Å². The maximum Gasteiger partial charge on any atom is 0.191 e. The zero-order chi connectivity index (χ0) is 22.9. The highest BCUT2D eigenvalue weighted by Crippen LogP contribution is 2.22. The fraction of sp³-hybridized carbons (Fsp3) is 0.400. The van der Waals surface area contributed by atoms with Gasteiger partial charge in [-0.05, 0) is 55.7 Å². The van der Waals surface area contributed by atoms with E-state index in [1.807, 2.05) is 24.4 Å². The lowest BCUT2D eigenvalue weighted by atomic mass is 10.1. The van der Waals surface area contributed by atoms with Gasteiger partial charge in [-0.25, -0.2) is 14.7 Å². The third-order valence-corrected chi connectivity index (χ3v) is 5.48. The molecule has 1 fully saturated rings. The van der Waals surface area contributed by atoms with E-state index in [0.717, 1.165) is 54.8 Å². The molecular weight excluding hydrogens is 416 g/mol. The SMILES string of the molecule is CCNC(=NCc1ccnc(-n2cccn2)c1)NCc1ccc(C)cc1OCC1CCOC1. The van der Waals surface area contributed by atoms with Gasteiger partial charge in [0.05, 0.1) is 19.8 Å². The van der Waals surface area contributed by atoms with Gasteiger partial charge in [0.1, 0.15) is 5.75 Å². The van der Waals surface area contributed by atoms with Crippen molar-refractivity contribution in [3.63, 3.8) is 0 Å². The van der Waals surface area contributed by atoms with Crippen molar-refractivity contribution in [1.29, 1.82) is 0 Å². The van der Waals surface area contributed by atoms with Crippen molar-refractivity contribution in [3.8, 4) is 11.6 Å². The molecule has 33 heavy (non-hydrogen) atoms. The van der Waals surface area contributed by atoms with Crippen molar-refractivity contribution in [2.45, 2.75) is 33.4 Å². The molecule has 1 unspecified atom stereocenters. The molecule has 2 N–H and O–H groups in total. The summed E-state index contributed by atoms with van der Waals surface area (Å²) in [5, 5.41) is 11.0. The van der Waals surface area contributed by atoms with Crippen molar-refractivity contribution in [2.75, 3.05) is 26.4 Å². The Bertz CT molecular complexity index is 1040. The van der Waals surface area contributed by atoms with E-state index >= 15 is 0 Å². The van der Waals surface area contributed by atoms with Crippen LogP contribution in [0.1, 0.15) is 30.0 Å². The molecule has 1 aliphatic rings. The first kappa shape index (κ1) is 22.8. The van der Waals surface area contributed by atoms with Gasteiger partial charge in [0.25, 0.3) is 0 Å². The van der Waals surface area contributed by atoms with Gasteiger partial charge in [-0.2, -0.15) is 5.10 Å². The van der Waals surface area contributed by atoms with Gasteiger partial charge >= 0.3 is 0 Å². The molecule has 0 bridgehead atoms. The number of hydrogen-bond donors (Lipinski definition) is 2. The van der Waals surface area contributed by atoms with Crippen molar-refractivity contribution in [1.82, 2.24) is 25.4 Å². The van der Waals surface area contributed by atoms with Crippen LogP contribution in [0.25, 0.3) is 5.82 Å². The van der Waals surface area contributed by atoms with E-state index in [9.17, 15) is 0 Å². The second-order valence-electron chi connectivity index (χ2n) is 8.17. The molecule has 1 atom stereocenters. The van der Waals surface area contributed by atoms with Crippen LogP contribution >= 0.6 is 0 Å². The second kappa shape index (κ2) is 11.5. The van der Waals surface area contributed by atoms with E-state index in [0.29, 0.717) is 25.6 Å². The van der Waals surface area contributed by atoms with E-state index in [1.54, 1.807) is 17.1 Å². The maximum atomic E-state index is 6.18. The summed E-state index contributed by atoms with van der Waals surface area (Å²) in [6, 6.07) is 12.2. The molecule has 3 heterocycles. The number of aromatic nitrogens is 3. The maximum absolute atomic E-state index is 6.18. The number of aliphatic imine (C=N–C) groups is 1. The molecule has 8 nitrogen and oxygen atoms in total. The van der Waals surface area contributed by atoms with E-state index in [2.05, 4.69) is 52.8 Å². The molecule has 0 amide bonds. The first-order valence-electron chi connectivity index (χ1n) is 11.5. The van der Waals surface area contributed by atoms with E-state index in [1.165, 1.54) is 5.56 Å². The van der Waals surface area contributed by atoms with Crippen LogP contribution in [-0.4, -0.2) is 47.1 Å². The van der Waals surface area contributed by atoms with Gasteiger partial charge in [0.15, 0.2) is 11.8 Å². The average Bonchev–Trinajstić information content (AvgIpc) is 3.55. The Morgan fingerprint density at radius 1 is 1.24 bits per heavy atom. The molecular formula is C25H32N6O2. The van der Waals surface area contributed by atoms with Crippen molar-refractivity contribution >= 4 is 5.96 Å². The Morgan fingerprint density at radius 3 is 2.97 bits per heavy atom. The molecule has 0 saturated carbocycles.